The fourth-order valence-electron chi connectivity index (χ4n) is 0.945. The number of phenolic OH excluding ortho intramolecular Hbond substituents is 1. The van der Waals surface area contributed by atoms with Gasteiger partial charge in [0.25, 0.3) is 0 Å². The van der Waals surface area contributed by atoms with Gasteiger partial charge in [0.2, 0.25) is 5.82 Å². The van der Waals surface area contributed by atoms with Gasteiger partial charge in [-0.3, -0.25) is 0 Å². The minimum Gasteiger partial charge on any atom is -0.504 e. The zero-order valence-electron chi connectivity index (χ0n) is 7.04. The molecule has 0 amide bonds. The van der Waals surface area contributed by atoms with Crippen LogP contribution in [0.25, 0.3) is 0 Å². The summed E-state index contributed by atoms with van der Waals surface area (Å²) in [5.74, 6) is -8.82. The van der Waals surface area contributed by atoms with Gasteiger partial charge in [0.1, 0.15) is 0 Å². The van der Waals surface area contributed by atoms with Gasteiger partial charge in [0, 0.05) is 5.56 Å². The van der Waals surface area contributed by atoms with Crippen LogP contribution in [0.1, 0.15) is 11.7 Å². The molecule has 0 radical (unpaired) electrons. The van der Waals surface area contributed by atoms with E-state index in [4.69, 9.17) is 15.3 Å². The van der Waals surface area contributed by atoms with E-state index in [0.717, 1.165) is 0 Å². The van der Waals surface area contributed by atoms with Crippen molar-refractivity contribution in [1.29, 1.82) is 0 Å². The number of aliphatic hydroxyl groups is 1. The van der Waals surface area contributed by atoms with Gasteiger partial charge >= 0.3 is 5.97 Å². The number of benzene rings is 1. The molecule has 0 saturated heterocycles. The number of carbonyl (C=O) groups is 1. The maximum Gasteiger partial charge on any atom is 0.337 e. The number of aromatic hydroxyl groups is 1. The van der Waals surface area contributed by atoms with Crippen LogP contribution in [0.5, 0.6) is 5.75 Å². The zero-order chi connectivity index (χ0) is 11.7. The largest absolute Gasteiger partial charge is 0.504 e. The second-order valence-corrected chi connectivity index (χ2v) is 2.66. The predicted molar refractivity (Wildman–Crippen MR) is 40.6 cm³/mol. The third kappa shape index (κ3) is 1.86. The third-order valence-electron chi connectivity index (χ3n) is 1.69. The molecule has 0 fully saturated rings. The van der Waals surface area contributed by atoms with Crippen LogP contribution in [0.2, 0.25) is 0 Å². The lowest BCUT2D eigenvalue weighted by Crippen LogP contribution is -2.12. The third-order valence-corrected chi connectivity index (χ3v) is 1.69. The first kappa shape index (κ1) is 11.3. The number of phenols is 1. The molecule has 15 heavy (non-hydrogen) atoms. The van der Waals surface area contributed by atoms with Crippen molar-refractivity contribution >= 4 is 5.97 Å². The van der Waals surface area contributed by atoms with Crippen LogP contribution < -0.4 is 0 Å². The lowest BCUT2D eigenvalue weighted by molar-refractivity contribution is -0.147. The van der Waals surface area contributed by atoms with Crippen molar-refractivity contribution < 1.29 is 33.3 Å². The van der Waals surface area contributed by atoms with E-state index in [9.17, 15) is 18.0 Å². The van der Waals surface area contributed by atoms with Crippen molar-refractivity contribution in [2.24, 2.45) is 0 Å². The Morgan fingerprint density at radius 1 is 1.27 bits per heavy atom. The Morgan fingerprint density at radius 2 is 1.80 bits per heavy atom. The Kier molecular flexibility index (Phi) is 2.85. The van der Waals surface area contributed by atoms with Crippen molar-refractivity contribution in [3.8, 4) is 5.75 Å². The van der Waals surface area contributed by atoms with Crippen LogP contribution in [0.15, 0.2) is 6.07 Å². The Balaban J connectivity index is 3.38. The minimum atomic E-state index is -2.32. The van der Waals surface area contributed by atoms with Gasteiger partial charge in [-0.25, -0.2) is 13.6 Å². The monoisotopic (exact) mass is 222 g/mol. The Hall–Kier alpha value is -1.76. The van der Waals surface area contributed by atoms with Crippen molar-refractivity contribution in [1.82, 2.24) is 0 Å². The second kappa shape index (κ2) is 3.77. The first-order valence-corrected chi connectivity index (χ1v) is 3.63. The highest BCUT2D eigenvalue weighted by molar-refractivity contribution is 5.75. The Labute approximate surface area is 81.2 Å². The van der Waals surface area contributed by atoms with E-state index < -0.39 is 40.8 Å². The smallest absolute Gasteiger partial charge is 0.337 e. The fourth-order valence-corrected chi connectivity index (χ4v) is 0.945. The molecule has 1 atom stereocenters. The van der Waals surface area contributed by atoms with Gasteiger partial charge in [0.15, 0.2) is 23.5 Å². The average molecular weight is 222 g/mol. The molecule has 0 aliphatic heterocycles. The molecule has 1 rings (SSSR count). The predicted octanol–water partition coefficient (Wildman–Crippen LogP) is 0.927. The van der Waals surface area contributed by atoms with Crippen LogP contribution in [0.3, 0.4) is 0 Å². The van der Waals surface area contributed by atoms with Gasteiger partial charge in [-0.15, -0.1) is 0 Å². The average Bonchev–Trinajstić information content (AvgIpc) is 2.19. The normalized spacial score (nSPS) is 12.5. The molecule has 0 bridgehead atoms. The summed E-state index contributed by atoms with van der Waals surface area (Å²) in [6.45, 7) is 0. The molecule has 0 saturated carbocycles. The van der Waals surface area contributed by atoms with Crippen molar-refractivity contribution in [3.05, 3.63) is 29.1 Å². The first-order valence-electron chi connectivity index (χ1n) is 3.63. The van der Waals surface area contributed by atoms with Crippen LogP contribution in [-0.4, -0.2) is 21.3 Å². The van der Waals surface area contributed by atoms with Gasteiger partial charge in [-0.05, 0) is 6.07 Å². The molecule has 82 valence electrons. The van der Waals surface area contributed by atoms with Crippen LogP contribution in [-0.2, 0) is 4.79 Å². The Bertz CT molecular complexity index is 419. The van der Waals surface area contributed by atoms with Crippen molar-refractivity contribution in [2.75, 3.05) is 0 Å². The molecule has 1 aromatic carbocycles. The van der Waals surface area contributed by atoms with E-state index in [1.807, 2.05) is 0 Å². The van der Waals surface area contributed by atoms with E-state index in [2.05, 4.69) is 0 Å². The molecule has 0 aliphatic carbocycles. The summed E-state index contributed by atoms with van der Waals surface area (Å²) < 4.78 is 37.8. The summed E-state index contributed by atoms with van der Waals surface area (Å²) in [6.07, 6.45) is -2.32. The van der Waals surface area contributed by atoms with Crippen molar-refractivity contribution in [2.45, 2.75) is 6.10 Å². The molecule has 7 heteroatoms. The maximum absolute atomic E-state index is 12.7. The molecule has 0 aromatic heterocycles. The fraction of sp³-hybridized carbons (Fsp3) is 0.125. The standard InChI is InChI=1S/C8H5F3O4/c9-3-1-2(7(13)8(14)15)6(12)5(11)4(3)10/h1,7,12-13H,(H,14,15). The van der Waals surface area contributed by atoms with Crippen LogP contribution in [0, 0.1) is 17.5 Å². The summed E-state index contributed by atoms with van der Waals surface area (Å²) in [5.41, 5.74) is -0.945. The van der Waals surface area contributed by atoms with Crippen molar-refractivity contribution in [3.63, 3.8) is 0 Å². The summed E-state index contributed by atoms with van der Waals surface area (Å²) in [6, 6.07) is 0.215. The number of hydrogen-bond acceptors (Lipinski definition) is 3. The number of carboxylic acids is 1. The highest BCUT2D eigenvalue weighted by atomic mass is 19.2. The highest BCUT2D eigenvalue weighted by Gasteiger charge is 2.26. The molecule has 0 aliphatic rings. The van der Waals surface area contributed by atoms with E-state index >= 15 is 0 Å². The van der Waals surface area contributed by atoms with Gasteiger partial charge in [-0.2, -0.15) is 4.39 Å². The van der Waals surface area contributed by atoms with E-state index in [-0.39, 0.29) is 6.07 Å². The highest BCUT2D eigenvalue weighted by Crippen LogP contribution is 2.30. The number of aliphatic carboxylic acids is 1. The topological polar surface area (TPSA) is 77.8 Å². The minimum absolute atomic E-state index is 0.215. The van der Waals surface area contributed by atoms with E-state index in [1.54, 1.807) is 0 Å². The number of aliphatic hydroxyl groups excluding tert-OH is 1. The number of halogens is 3. The molecule has 0 spiro atoms. The number of carboxylic acid groups (broad SMARTS) is 1. The molecule has 3 N–H and O–H groups in total. The van der Waals surface area contributed by atoms with Gasteiger partial charge in [-0.1, -0.05) is 0 Å². The lowest BCUT2D eigenvalue weighted by atomic mass is 10.1. The first-order chi connectivity index (χ1) is 6.86. The second-order valence-electron chi connectivity index (χ2n) is 2.66. The van der Waals surface area contributed by atoms with Gasteiger partial charge in [0.05, 0.1) is 0 Å². The summed E-state index contributed by atoms with van der Waals surface area (Å²) in [4.78, 5) is 10.3. The quantitative estimate of drug-likeness (QED) is 0.650. The van der Waals surface area contributed by atoms with E-state index in [1.165, 1.54) is 0 Å². The molecule has 0 heterocycles. The van der Waals surface area contributed by atoms with Gasteiger partial charge < -0.3 is 15.3 Å². The summed E-state index contributed by atoms with van der Waals surface area (Å²) in [7, 11) is 0. The molecule has 1 aromatic rings. The summed E-state index contributed by atoms with van der Waals surface area (Å²) >= 11 is 0. The lowest BCUT2D eigenvalue weighted by Gasteiger charge is -2.09. The molecular formula is C8H5F3O4. The Morgan fingerprint density at radius 3 is 2.27 bits per heavy atom. The molecular weight excluding hydrogens is 217 g/mol. The number of hydrogen-bond donors (Lipinski definition) is 3. The number of rotatable bonds is 2. The summed E-state index contributed by atoms with van der Waals surface area (Å²) in [5, 5.41) is 26.1. The van der Waals surface area contributed by atoms with Crippen LogP contribution >= 0.6 is 0 Å². The zero-order valence-corrected chi connectivity index (χ0v) is 7.04. The van der Waals surface area contributed by atoms with Crippen LogP contribution in [0.4, 0.5) is 13.2 Å². The van der Waals surface area contributed by atoms with E-state index in [0.29, 0.717) is 0 Å². The molecule has 1 unspecified atom stereocenters. The maximum atomic E-state index is 12.7. The SMILES string of the molecule is O=C(O)C(O)c1cc(F)c(F)c(F)c1O. The molecule has 4 nitrogen and oxygen atoms in total.